The van der Waals surface area contributed by atoms with Gasteiger partial charge in [0, 0.05) is 62.4 Å². The highest BCUT2D eigenvalue weighted by Crippen LogP contribution is 2.50. The highest BCUT2D eigenvalue weighted by atomic mass is 32.2. The average Bonchev–Trinajstić information content (AvgIpc) is 3.58. The van der Waals surface area contributed by atoms with Crippen LogP contribution in [0.4, 0.5) is 17.1 Å². The molecular formula is C56H86N4O2S4. The summed E-state index contributed by atoms with van der Waals surface area (Å²) in [4.78, 5) is 18.9. The number of allylic oxidation sites excluding steroid dienone is 2. The van der Waals surface area contributed by atoms with Gasteiger partial charge < -0.3 is 20.6 Å². The number of Topliss-reactive ketones (excluding diaryl/α,β-unsaturated/α-hetero) is 1. The molecule has 0 fully saturated rings. The maximum Gasteiger partial charge on any atom is 0.206 e. The van der Waals surface area contributed by atoms with Crippen molar-refractivity contribution in [3.05, 3.63) is 57.3 Å². The zero-order chi connectivity index (χ0) is 48.7. The van der Waals surface area contributed by atoms with E-state index in [0.717, 1.165) is 92.5 Å². The number of hydrogen-bond acceptors (Lipinski definition) is 7. The lowest BCUT2D eigenvalue weighted by Gasteiger charge is -2.34. The lowest BCUT2D eigenvalue weighted by molar-refractivity contribution is -0.292. The standard InChI is InChI=1S/C56H86N4O2S4/c1-15-19-23-39(17-3)33-65-27-21-25-49(63)57-45-31-47-43(55(11,12)37(9)59(47)35(5)6)29-41(45)51-53(61)52(54(51)62)42-30-44-48(60(36(7)8)38(10)56(44,13)14)32-46(42)58-50(64)26-22-28-66-34-40(18-4)24-20-16-2/h29-32,35-40H,15-28,33-34H2,1-14H3,(H2,57,58,61,62,63,64). The third-order valence-corrected chi connectivity index (χ3v) is 18.6. The Hall–Kier alpha value is -2.40. The number of carbonyl (C=O) groups excluding carboxylic acids is 1. The van der Waals surface area contributed by atoms with Crippen LogP contribution in [0.2, 0.25) is 0 Å². The van der Waals surface area contributed by atoms with Gasteiger partial charge in [-0.3, -0.25) is 4.79 Å². The number of anilines is 3. The third-order valence-electron chi connectivity index (χ3n) is 15.4. The van der Waals surface area contributed by atoms with Crippen LogP contribution in [0.15, 0.2) is 30.0 Å². The molecule has 0 radical (unpaired) electrons. The number of carbonyl (C=O) groups is 1. The van der Waals surface area contributed by atoms with Crippen LogP contribution in [0.1, 0.15) is 191 Å². The molecule has 0 saturated heterocycles. The van der Waals surface area contributed by atoms with Gasteiger partial charge in [-0.1, -0.05) is 110 Å². The molecule has 4 atom stereocenters. The molecule has 0 saturated carbocycles. The van der Waals surface area contributed by atoms with E-state index in [2.05, 4.69) is 141 Å². The van der Waals surface area contributed by atoms with Crippen molar-refractivity contribution in [2.75, 3.05) is 38.5 Å². The molecule has 0 bridgehead atoms. The first-order chi connectivity index (χ1) is 31.3. The van der Waals surface area contributed by atoms with Gasteiger partial charge in [-0.05, 0) is 153 Å². The summed E-state index contributed by atoms with van der Waals surface area (Å²) in [6.45, 7) is 31.8. The molecule has 5 rings (SSSR count). The number of thioether (sulfide) groups is 2. The summed E-state index contributed by atoms with van der Waals surface area (Å²) in [5.74, 6) is 5.64. The first kappa shape index (κ1) is 54.5. The lowest BCUT2D eigenvalue weighted by Crippen LogP contribution is -2.42. The number of hydrogen-bond donors (Lipinski definition) is 2. The number of ketones is 1. The van der Waals surface area contributed by atoms with Gasteiger partial charge in [-0.15, -0.1) is 0 Å². The van der Waals surface area contributed by atoms with Crippen LogP contribution in [0.5, 0.6) is 0 Å². The predicted octanol–water partition coefficient (Wildman–Crippen LogP) is 12.6. The molecule has 2 N–H and O–H groups in total. The van der Waals surface area contributed by atoms with Crippen LogP contribution in [0.3, 0.4) is 0 Å². The van der Waals surface area contributed by atoms with Crippen LogP contribution >= 0.6 is 48.0 Å². The summed E-state index contributed by atoms with van der Waals surface area (Å²) < 4.78 is 2.47. The van der Waals surface area contributed by atoms with E-state index in [9.17, 15) is 9.90 Å². The molecule has 3 aliphatic rings. The first-order valence-corrected chi connectivity index (χ1v) is 28.9. The topological polar surface area (TPSA) is 70.4 Å². The Morgan fingerprint density at radius 3 is 1.79 bits per heavy atom. The van der Waals surface area contributed by atoms with E-state index in [-0.39, 0.29) is 57.7 Å². The SMILES string of the molecule is CCCCC(CC)CSCCCC(=S)Nc1cc2c(cc1C1=C([O-])/C(=c3/cc4c(cc3NC(=S)CCCSCC(CC)CCCC)=[N+](C(C)C)C(C)C4(C)C)C1=O)C(C)(C)C(C)N2C(C)C. The predicted molar refractivity (Wildman–Crippen MR) is 299 cm³/mol. The second-order valence-electron chi connectivity index (χ2n) is 21.3. The van der Waals surface area contributed by atoms with Gasteiger partial charge in [-0.2, -0.15) is 23.5 Å². The minimum absolute atomic E-state index is 0.205. The van der Waals surface area contributed by atoms with Gasteiger partial charge in [0.05, 0.1) is 21.1 Å². The molecule has 2 heterocycles. The van der Waals surface area contributed by atoms with E-state index in [1.54, 1.807) is 0 Å². The largest absolute Gasteiger partial charge is 0.871 e. The quantitative estimate of drug-likeness (QED) is 0.0575. The van der Waals surface area contributed by atoms with Crippen LogP contribution in [-0.4, -0.2) is 62.9 Å². The molecule has 4 unspecified atom stereocenters. The second-order valence-corrected chi connectivity index (χ2v) is 24.6. The summed E-state index contributed by atoms with van der Waals surface area (Å²) in [6.07, 6.45) is 13.6. The van der Waals surface area contributed by atoms with Crippen molar-refractivity contribution in [3.8, 4) is 0 Å². The van der Waals surface area contributed by atoms with Crippen LogP contribution in [0.25, 0.3) is 11.1 Å². The Balaban J connectivity index is 1.54. The number of benzene rings is 2. The smallest absolute Gasteiger partial charge is 0.206 e. The van der Waals surface area contributed by atoms with Crippen molar-refractivity contribution in [2.24, 2.45) is 11.8 Å². The molecule has 10 heteroatoms. The Labute approximate surface area is 420 Å². The zero-order valence-electron chi connectivity index (χ0n) is 43.4. The van der Waals surface area contributed by atoms with E-state index in [1.807, 2.05) is 23.5 Å². The second kappa shape index (κ2) is 23.9. The number of nitrogens with zero attached hydrogens (tertiary/aromatic N) is 2. The van der Waals surface area contributed by atoms with E-state index in [4.69, 9.17) is 24.4 Å². The Morgan fingerprint density at radius 2 is 1.30 bits per heavy atom. The van der Waals surface area contributed by atoms with Gasteiger partial charge in [0.1, 0.15) is 6.04 Å². The number of unbranched alkanes of at least 4 members (excludes halogenated alkanes) is 2. The Kier molecular flexibility index (Phi) is 19.8. The summed E-state index contributed by atoms with van der Waals surface area (Å²) >= 11 is 16.2. The number of fused-ring (bicyclic) bond motifs is 2. The average molecular weight is 976 g/mol. The van der Waals surface area contributed by atoms with Crippen molar-refractivity contribution >= 4 is 91.9 Å². The fraction of sp³-hybridized carbons (Fsp3) is 0.679. The van der Waals surface area contributed by atoms with Gasteiger partial charge in [0.25, 0.3) is 0 Å². The minimum Gasteiger partial charge on any atom is -0.871 e. The van der Waals surface area contributed by atoms with Gasteiger partial charge in [-0.25, -0.2) is 4.58 Å². The van der Waals surface area contributed by atoms with Gasteiger partial charge in [0.2, 0.25) is 5.36 Å². The molecule has 0 aromatic heterocycles. The van der Waals surface area contributed by atoms with E-state index >= 15 is 0 Å². The highest BCUT2D eigenvalue weighted by molar-refractivity contribution is 7.99. The normalized spacial score (nSPS) is 20.2. The number of rotatable bonds is 25. The molecule has 0 amide bonds. The summed E-state index contributed by atoms with van der Waals surface area (Å²) in [5.41, 5.74) is 5.66. The Morgan fingerprint density at radius 1 is 0.758 bits per heavy atom. The fourth-order valence-electron chi connectivity index (χ4n) is 10.5. The van der Waals surface area contributed by atoms with Crippen LogP contribution in [-0.2, 0) is 15.6 Å². The number of thiocarbonyl (C=S) groups is 2. The van der Waals surface area contributed by atoms with Gasteiger partial charge in [0.15, 0.2) is 11.8 Å². The van der Waals surface area contributed by atoms with E-state index in [0.29, 0.717) is 10.8 Å². The summed E-state index contributed by atoms with van der Waals surface area (Å²) in [7, 11) is 0. The van der Waals surface area contributed by atoms with Crippen LogP contribution < -0.4 is 35.8 Å². The van der Waals surface area contributed by atoms with Crippen molar-refractivity contribution in [1.82, 2.24) is 4.58 Å². The van der Waals surface area contributed by atoms with Crippen molar-refractivity contribution in [3.63, 3.8) is 0 Å². The molecule has 2 aromatic carbocycles. The molecule has 66 heavy (non-hydrogen) atoms. The first-order valence-electron chi connectivity index (χ1n) is 25.8. The molecule has 2 aromatic rings. The van der Waals surface area contributed by atoms with Crippen LogP contribution in [0, 0.1) is 11.8 Å². The molecule has 1 aliphatic carbocycles. The molecular weight excluding hydrogens is 889 g/mol. The number of nitrogens with one attached hydrogen (secondary N) is 2. The van der Waals surface area contributed by atoms with Gasteiger partial charge >= 0.3 is 0 Å². The minimum atomic E-state index is -0.216. The highest BCUT2D eigenvalue weighted by Gasteiger charge is 2.47. The molecule has 6 nitrogen and oxygen atoms in total. The third kappa shape index (κ3) is 11.9. The maximum absolute atomic E-state index is 15.0. The van der Waals surface area contributed by atoms with Crippen molar-refractivity contribution in [1.29, 1.82) is 0 Å². The monoisotopic (exact) mass is 975 g/mol. The summed E-state index contributed by atoms with van der Waals surface area (Å²) in [5, 5.41) is 24.0. The Bertz CT molecular complexity index is 2230. The molecule has 0 spiro atoms. The zero-order valence-corrected chi connectivity index (χ0v) is 46.7. The van der Waals surface area contributed by atoms with E-state index < -0.39 is 0 Å². The van der Waals surface area contributed by atoms with Crippen molar-refractivity contribution in [2.45, 2.75) is 209 Å². The summed E-state index contributed by atoms with van der Waals surface area (Å²) in [6, 6.07) is 9.58. The lowest BCUT2D eigenvalue weighted by atomic mass is 9.76. The molecule has 366 valence electrons. The maximum atomic E-state index is 15.0. The van der Waals surface area contributed by atoms with Crippen molar-refractivity contribution < 1.29 is 9.90 Å². The van der Waals surface area contributed by atoms with E-state index in [1.165, 1.54) is 62.9 Å². The fourth-order valence-corrected chi connectivity index (χ4v) is 13.6. The molecule has 2 aliphatic heterocycles.